The predicted octanol–water partition coefficient (Wildman–Crippen LogP) is 11.9. The molecule has 0 saturated heterocycles. The van der Waals surface area contributed by atoms with Crippen molar-refractivity contribution < 1.29 is 22.8 Å². The summed E-state index contributed by atoms with van der Waals surface area (Å²) < 4.78 is 21.4. The summed E-state index contributed by atoms with van der Waals surface area (Å²) in [5, 5.41) is 7.40. The molecule has 9 aromatic rings. The van der Waals surface area contributed by atoms with Gasteiger partial charge in [0.2, 0.25) is 0 Å². The summed E-state index contributed by atoms with van der Waals surface area (Å²) in [4.78, 5) is 9.17. The van der Waals surface area contributed by atoms with Gasteiger partial charge in [-0.25, -0.2) is 0 Å². The van der Waals surface area contributed by atoms with Crippen molar-refractivity contribution >= 4 is 70.7 Å². The van der Waals surface area contributed by atoms with E-state index < -0.39 is 19.6 Å². The Kier molecular flexibility index (Phi) is 9.57. The summed E-state index contributed by atoms with van der Waals surface area (Å²) in [5.74, 6) is 7.14. The van der Waals surface area contributed by atoms with E-state index in [9.17, 15) is 0 Å². The second kappa shape index (κ2) is 15.0. The molecule has 3 aromatic heterocycles. The Balaban J connectivity index is 0.000000216. The van der Waals surface area contributed by atoms with E-state index in [1.54, 1.807) is 23.6 Å². The zero-order valence-corrected chi connectivity index (χ0v) is 33.9. The Morgan fingerprint density at radius 2 is 1.43 bits per heavy atom. The van der Waals surface area contributed by atoms with Gasteiger partial charge in [-0.3, -0.25) is 0 Å². The van der Waals surface area contributed by atoms with Crippen molar-refractivity contribution in [3.63, 3.8) is 0 Å². The molecule has 0 N–H and O–H groups in total. The van der Waals surface area contributed by atoms with Crippen molar-refractivity contribution in [2.45, 2.75) is 23.6 Å². The standard InChI is InChI=1S/C32H20NS.C14H16GeN.Ir/c1-2-7-21(8-3-1)17-22-15-16-33-30(18-22)27-12-6-11-26-29-19-24-14-13-23-9-4-5-10-25(23)28(24)20-31(29)34-32(26)27;1-15(2,3)13-9-10-14(16-11-13)12-7-5-4-6-8-12;/h1-11,13-16,18-20H,17H2;4-7,9-11H,1-3H3;/q2*-1;/i17D2;;. The summed E-state index contributed by atoms with van der Waals surface area (Å²) in [6.45, 7) is 0. The maximum Gasteiger partial charge on any atom is 0 e. The van der Waals surface area contributed by atoms with Crippen LogP contribution in [0.1, 0.15) is 13.9 Å². The Morgan fingerprint density at radius 1 is 0.627 bits per heavy atom. The Bertz CT molecular complexity index is 2690. The fraction of sp³-hybridized carbons (Fsp3) is 0.0870. The maximum atomic E-state index is 8.80. The van der Waals surface area contributed by atoms with Crippen LogP contribution >= 0.6 is 11.3 Å². The summed E-state index contributed by atoms with van der Waals surface area (Å²) in [5.41, 5.74) is 4.94. The van der Waals surface area contributed by atoms with Gasteiger partial charge in [-0.05, 0) is 73.0 Å². The van der Waals surface area contributed by atoms with E-state index in [0.29, 0.717) is 11.1 Å². The van der Waals surface area contributed by atoms with E-state index in [1.807, 2.05) is 72.9 Å². The van der Waals surface area contributed by atoms with Crippen LogP contribution in [0.3, 0.4) is 0 Å². The summed E-state index contributed by atoms with van der Waals surface area (Å²) >= 11 is 0.0354. The first-order chi connectivity index (χ1) is 25.2. The van der Waals surface area contributed by atoms with E-state index >= 15 is 0 Å². The molecule has 0 amide bonds. The number of nitrogens with zero attached hydrogens (tertiary/aromatic N) is 2. The molecule has 0 fully saturated rings. The molecule has 251 valence electrons. The summed E-state index contributed by atoms with van der Waals surface area (Å²) in [7, 11) is 0. The molecule has 0 aliphatic carbocycles. The fourth-order valence-corrected chi connectivity index (χ4v) is 9.72. The molecule has 0 saturated carbocycles. The van der Waals surface area contributed by atoms with Gasteiger partial charge < -0.3 is 4.98 Å². The topological polar surface area (TPSA) is 25.8 Å². The summed E-state index contributed by atoms with van der Waals surface area (Å²) in [6, 6.07) is 53.4. The zero-order valence-electron chi connectivity index (χ0n) is 30.6. The molecular weight excluding hydrogens is 877 g/mol. The van der Waals surface area contributed by atoms with Crippen LogP contribution < -0.4 is 4.40 Å². The zero-order chi connectivity index (χ0) is 35.9. The summed E-state index contributed by atoms with van der Waals surface area (Å²) in [6.07, 6.45) is 2.12. The number of benzene rings is 6. The van der Waals surface area contributed by atoms with Crippen molar-refractivity contribution in [1.29, 1.82) is 0 Å². The average Bonchev–Trinajstić information content (AvgIpc) is 3.55. The number of fused-ring (bicyclic) bond motifs is 6. The number of thiophene rings is 1. The van der Waals surface area contributed by atoms with Gasteiger partial charge in [0.05, 0.1) is 0 Å². The van der Waals surface area contributed by atoms with Gasteiger partial charge in [-0.15, -0.1) is 23.8 Å². The van der Waals surface area contributed by atoms with Gasteiger partial charge in [-0.1, -0.05) is 78.2 Å². The number of aromatic nitrogens is 2. The molecule has 9 rings (SSSR count). The number of hydrogen-bond acceptors (Lipinski definition) is 3. The largest absolute Gasteiger partial charge is 0 e. The third-order valence-corrected chi connectivity index (χ3v) is 14.4. The predicted molar refractivity (Wildman–Crippen MR) is 217 cm³/mol. The van der Waals surface area contributed by atoms with Crippen LogP contribution in [0.5, 0.6) is 0 Å². The molecule has 0 aliphatic rings. The minimum atomic E-state index is -1.72. The second-order valence-corrected chi connectivity index (χ2v) is 25.1. The van der Waals surface area contributed by atoms with Gasteiger partial charge in [0.15, 0.2) is 0 Å². The molecule has 0 atom stereocenters. The van der Waals surface area contributed by atoms with Crippen LogP contribution in [0.15, 0.2) is 152 Å². The first-order valence-electron chi connectivity index (χ1n) is 17.8. The van der Waals surface area contributed by atoms with E-state index in [-0.39, 0.29) is 20.1 Å². The van der Waals surface area contributed by atoms with Crippen LogP contribution in [-0.4, -0.2) is 23.2 Å². The quantitative estimate of drug-likeness (QED) is 0.0977. The Morgan fingerprint density at radius 3 is 2.22 bits per heavy atom. The van der Waals surface area contributed by atoms with Gasteiger partial charge >= 0.3 is 99.8 Å². The van der Waals surface area contributed by atoms with Crippen LogP contribution in [-0.2, 0) is 26.5 Å². The van der Waals surface area contributed by atoms with Crippen molar-refractivity contribution in [2.75, 3.05) is 0 Å². The molecule has 51 heavy (non-hydrogen) atoms. The van der Waals surface area contributed by atoms with E-state index in [2.05, 4.69) is 106 Å². The van der Waals surface area contributed by atoms with Gasteiger partial charge in [0.25, 0.3) is 0 Å². The molecule has 2 nitrogen and oxygen atoms in total. The van der Waals surface area contributed by atoms with Crippen molar-refractivity contribution in [3.8, 4) is 22.5 Å². The monoisotopic (exact) mass is 917 g/mol. The molecule has 0 unspecified atom stereocenters. The number of rotatable bonds is 5. The van der Waals surface area contributed by atoms with Crippen LogP contribution in [0.2, 0.25) is 17.3 Å². The number of hydrogen-bond donors (Lipinski definition) is 0. The Labute approximate surface area is 322 Å². The van der Waals surface area contributed by atoms with Crippen molar-refractivity contribution in [1.82, 2.24) is 9.97 Å². The molecule has 0 aliphatic heterocycles. The minimum absolute atomic E-state index is 0. The maximum absolute atomic E-state index is 8.80. The first-order valence-corrected chi connectivity index (χ1v) is 25.0. The van der Waals surface area contributed by atoms with Crippen LogP contribution in [0.4, 0.5) is 0 Å². The molecule has 0 spiro atoms. The minimum Gasteiger partial charge on any atom is 0 e. The Hall–Kier alpha value is -4.45. The fourth-order valence-electron chi connectivity index (χ4n) is 6.32. The normalized spacial score (nSPS) is 12.2. The molecule has 0 bridgehead atoms. The van der Waals surface area contributed by atoms with E-state index in [0.717, 1.165) is 27.2 Å². The smallest absolute Gasteiger partial charge is 0 e. The average molecular weight is 916 g/mol. The van der Waals surface area contributed by atoms with Crippen LogP contribution in [0.25, 0.3) is 64.2 Å². The van der Waals surface area contributed by atoms with Crippen molar-refractivity contribution in [2.24, 2.45) is 0 Å². The van der Waals surface area contributed by atoms with Crippen molar-refractivity contribution in [3.05, 3.63) is 175 Å². The first kappa shape index (κ1) is 32.5. The molecule has 3 heterocycles. The van der Waals surface area contributed by atoms with E-state index in [4.69, 9.17) is 2.74 Å². The molecule has 5 heteroatoms. The van der Waals surface area contributed by atoms with Gasteiger partial charge in [0, 0.05) is 33.7 Å². The molecule has 6 aromatic carbocycles. The molecule has 1 radical (unpaired) electrons. The number of pyridine rings is 2. The molecular formula is C46H36GeIrN2S-2. The third-order valence-electron chi connectivity index (χ3n) is 8.99. The van der Waals surface area contributed by atoms with Gasteiger partial charge in [0.1, 0.15) is 0 Å². The third kappa shape index (κ3) is 7.47. The SMILES string of the molecule is [2H]C([2H])(c1ccccc1)c1ccnc(-c2[c-]ccc3c2sc2cc4c(ccc5ccccc54)cc23)c1.[CH3][Ge]([CH3])([CH3])[c]1ccc(-c2[c-]cccc2)nc1.[Ir]. The van der Waals surface area contributed by atoms with E-state index in [1.165, 1.54) is 41.4 Å². The van der Waals surface area contributed by atoms with Gasteiger partial charge in [-0.2, -0.15) is 11.3 Å². The van der Waals surface area contributed by atoms with Crippen LogP contribution in [0, 0.1) is 12.1 Å². The second-order valence-electron chi connectivity index (χ2n) is 13.4.